The minimum atomic E-state index is -4.26. The van der Waals surface area contributed by atoms with Crippen LogP contribution in [0.1, 0.15) is 37.3 Å². The highest BCUT2D eigenvalue weighted by atomic mass is 19.3. The maximum absolute atomic E-state index is 15.2. The van der Waals surface area contributed by atoms with Gasteiger partial charge < -0.3 is 4.74 Å². The van der Waals surface area contributed by atoms with Crippen LogP contribution in [0.15, 0.2) is 84.9 Å². The minimum absolute atomic E-state index is 0.0191. The quantitative estimate of drug-likeness (QED) is 0.0835. The molecule has 0 aliphatic heterocycles. The fraction of sp³-hybridized carbons (Fsp3) is 0.167. The molecule has 10 heteroatoms. The number of alkyl halides is 2. The van der Waals surface area contributed by atoms with Crippen LogP contribution in [0.4, 0.5) is 39.5 Å². The van der Waals surface area contributed by atoms with E-state index in [4.69, 9.17) is 0 Å². The number of hydrogen-bond acceptors (Lipinski definition) is 1. The Morgan fingerprint density at radius 1 is 0.543 bits per heavy atom. The number of aryl methyl sites for hydroxylation is 1. The predicted molar refractivity (Wildman–Crippen MR) is 157 cm³/mol. The zero-order chi connectivity index (χ0) is 33.2. The van der Waals surface area contributed by atoms with Crippen molar-refractivity contribution < 1.29 is 44.3 Å². The van der Waals surface area contributed by atoms with Crippen LogP contribution >= 0.6 is 0 Å². The molecule has 0 atom stereocenters. The third kappa shape index (κ3) is 6.90. The molecule has 0 bridgehead atoms. The summed E-state index contributed by atoms with van der Waals surface area (Å²) in [5.74, 6) is -10.0. The van der Waals surface area contributed by atoms with Crippen molar-refractivity contribution in [2.75, 3.05) is 0 Å². The molecule has 46 heavy (non-hydrogen) atoms. The van der Waals surface area contributed by atoms with Crippen LogP contribution in [0.5, 0.6) is 5.75 Å². The highest BCUT2D eigenvalue weighted by molar-refractivity contribution is 5.74. The molecule has 0 heterocycles. The number of benzene rings is 5. The fourth-order valence-electron chi connectivity index (χ4n) is 5.09. The lowest BCUT2D eigenvalue weighted by atomic mass is 9.97. The molecule has 0 aliphatic carbocycles. The van der Waals surface area contributed by atoms with Crippen molar-refractivity contribution in [3.63, 3.8) is 0 Å². The lowest BCUT2D eigenvalue weighted by Gasteiger charge is -2.20. The van der Waals surface area contributed by atoms with E-state index < -0.39 is 63.7 Å². The second-order valence-corrected chi connectivity index (χ2v) is 10.7. The molecule has 238 valence electrons. The van der Waals surface area contributed by atoms with E-state index in [0.29, 0.717) is 35.2 Å². The Morgan fingerprint density at radius 3 is 1.72 bits per heavy atom. The van der Waals surface area contributed by atoms with E-state index in [0.717, 1.165) is 49.6 Å². The summed E-state index contributed by atoms with van der Waals surface area (Å²) in [6.07, 6.45) is -1.16. The van der Waals surface area contributed by atoms with E-state index >= 15 is 13.2 Å². The molecule has 1 nitrogen and oxygen atoms in total. The molecular weight excluding hydrogens is 619 g/mol. The average Bonchev–Trinajstić information content (AvgIpc) is 2.99. The van der Waals surface area contributed by atoms with Crippen LogP contribution in [0.3, 0.4) is 0 Å². The Hall–Kier alpha value is -4.73. The van der Waals surface area contributed by atoms with Gasteiger partial charge in [-0.3, -0.25) is 0 Å². The average molecular weight is 645 g/mol. The summed E-state index contributed by atoms with van der Waals surface area (Å²) in [4.78, 5) is 0. The fourth-order valence-corrected chi connectivity index (χ4v) is 5.09. The third-order valence-corrected chi connectivity index (χ3v) is 7.45. The Morgan fingerprint density at radius 2 is 1.13 bits per heavy atom. The van der Waals surface area contributed by atoms with E-state index in [9.17, 15) is 26.3 Å². The molecule has 0 aliphatic rings. The van der Waals surface area contributed by atoms with Gasteiger partial charge in [0, 0.05) is 17.7 Å². The molecule has 0 amide bonds. The lowest BCUT2D eigenvalue weighted by Crippen LogP contribution is -2.23. The van der Waals surface area contributed by atoms with E-state index in [-0.39, 0.29) is 16.7 Å². The SMILES string of the molecule is CCCCCc1ccc(C(F)(F)Oc2cc(F)c(-c3ccc(-c4ccc(-c5cc(F)c(F)c(F)c5)cc4)c(F)c3)c(F)c2)c(F)c1. The van der Waals surface area contributed by atoms with Crippen molar-refractivity contribution in [3.05, 3.63) is 137 Å². The lowest BCUT2D eigenvalue weighted by molar-refractivity contribution is -0.187. The monoisotopic (exact) mass is 644 g/mol. The van der Waals surface area contributed by atoms with Crippen LogP contribution in [-0.4, -0.2) is 0 Å². The zero-order valence-electron chi connectivity index (χ0n) is 24.2. The largest absolute Gasteiger partial charge is 0.429 e. The van der Waals surface area contributed by atoms with Crippen LogP contribution < -0.4 is 4.74 Å². The highest BCUT2D eigenvalue weighted by Gasteiger charge is 2.38. The van der Waals surface area contributed by atoms with E-state index in [1.807, 2.05) is 6.92 Å². The Bertz CT molecular complexity index is 1840. The Balaban J connectivity index is 1.35. The first kappa shape index (κ1) is 32.7. The Kier molecular flexibility index (Phi) is 9.46. The first-order valence-electron chi connectivity index (χ1n) is 14.3. The number of ether oxygens (including phenoxy) is 1. The maximum Gasteiger partial charge on any atom is 0.429 e. The molecule has 0 saturated carbocycles. The normalized spacial score (nSPS) is 11.6. The summed E-state index contributed by atoms with van der Waals surface area (Å²) in [6.45, 7) is 1.99. The van der Waals surface area contributed by atoms with Gasteiger partial charge in [-0.05, 0) is 71.0 Å². The first-order chi connectivity index (χ1) is 21.9. The summed E-state index contributed by atoms with van der Waals surface area (Å²) in [6, 6.07) is 14.8. The summed E-state index contributed by atoms with van der Waals surface area (Å²) in [5, 5.41) is 0. The molecule has 0 unspecified atom stereocenters. The summed E-state index contributed by atoms with van der Waals surface area (Å²) in [7, 11) is 0. The van der Waals surface area contributed by atoms with Gasteiger partial charge in [-0.1, -0.05) is 62.2 Å². The van der Waals surface area contributed by atoms with Crippen LogP contribution in [0, 0.1) is 40.7 Å². The van der Waals surface area contributed by atoms with Crippen molar-refractivity contribution >= 4 is 0 Å². The number of unbranched alkanes of at least 4 members (excludes halogenated alkanes) is 2. The molecule has 0 fully saturated rings. The maximum atomic E-state index is 15.2. The Labute approximate surface area is 258 Å². The van der Waals surface area contributed by atoms with E-state index in [1.54, 1.807) is 0 Å². The van der Waals surface area contributed by atoms with Crippen molar-refractivity contribution in [2.45, 2.75) is 38.7 Å². The topological polar surface area (TPSA) is 9.23 Å². The molecule has 5 rings (SSSR count). The molecule has 0 radical (unpaired) electrons. The van der Waals surface area contributed by atoms with Crippen molar-refractivity contribution in [1.82, 2.24) is 0 Å². The van der Waals surface area contributed by atoms with E-state index in [2.05, 4.69) is 4.74 Å². The minimum Gasteiger partial charge on any atom is -0.429 e. The second-order valence-electron chi connectivity index (χ2n) is 10.7. The van der Waals surface area contributed by atoms with Gasteiger partial charge in [0.25, 0.3) is 0 Å². The van der Waals surface area contributed by atoms with Gasteiger partial charge >= 0.3 is 6.11 Å². The standard InChI is InChI=1S/C36H25F9O/c1-2-3-4-5-20-6-13-27(29(38)14-20)36(44,45)46-25-18-30(39)34(31(40)19-25)23-11-12-26(28(37)15-23)22-9-7-21(8-10-22)24-16-32(41)35(43)33(42)17-24/h6-19H,2-5H2,1H3. The number of rotatable bonds is 10. The van der Waals surface area contributed by atoms with Gasteiger partial charge in [0.15, 0.2) is 17.5 Å². The predicted octanol–water partition coefficient (Wildman–Crippen LogP) is 11.5. The van der Waals surface area contributed by atoms with Crippen LogP contribution in [0.2, 0.25) is 0 Å². The highest BCUT2D eigenvalue weighted by Crippen LogP contribution is 2.38. The van der Waals surface area contributed by atoms with E-state index in [1.165, 1.54) is 42.5 Å². The number of hydrogen-bond donors (Lipinski definition) is 0. The molecular formula is C36H25F9O. The van der Waals surface area contributed by atoms with Crippen molar-refractivity contribution in [1.29, 1.82) is 0 Å². The molecule has 0 saturated heterocycles. The van der Waals surface area contributed by atoms with Gasteiger partial charge in [0.05, 0.1) is 11.1 Å². The van der Waals surface area contributed by atoms with Crippen molar-refractivity contribution in [3.8, 4) is 39.1 Å². The summed E-state index contributed by atoms with van der Waals surface area (Å²) < 4.78 is 135. The smallest absolute Gasteiger partial charge is 0.429 e. The first-order valence-corrected chi connectivity index (χ1v) is 14.3. The van der Waals surface area contributed by atoms with Gasteiger partial charge in [0.2, 0.25) is 0 Å². The third-order valence-electron chi connectivity index (χ3n) is 7.45. The number of halogens is 9. The van der Waals surface area contributed by atoms with Gasteiger partial charge in [-0.15, -0.1) is 0 Å². The van der Waals surface area contributed by atoms with Crippen LogP contribution in [-0.2, 0) is 12.5 Å². The second kappa shape index (κ2) is 13.3. The molecule has 5 aromatic carbocycles. The van der Waals surface area contributed by atoms with Gasteiger partial charge in [-0.25, -0.2) is 30.7 Å². The molecule has 0 aromatic heterocycles. The molecule has 0 N–H and O–H groups in total. The summed E-state index contributed by atoms with van der Waals surface area (Å²) >= 11 is 0. The zero-order valence-corrected chi connectivity index (χ0v) is 24.2. The summed E-state index contributed by atoms with van der Waals surface area (Å²) in [5.41, 5.74) is -0.824. The van der Waals surface area contributed by atoms with Crippen LogP contribution in [0.25, 0.3) is 33.4 Å². The van der Waals surface area contributed by atoms with Gasteiger partial charge in [-0.2, -0.15) is 8.78 Å². The van der Waals surface area contributed by atoms with Crippen molar-refractivity contribution in [2.24, 2.45) is 0 Å². The molecule has 0 spiro atoms. The molecule has 5 aromatic rings. The van der Waals surface area contributed by atoms with Gasteiger partial charge in [0.1, 0.15) is 29.0 Å².